The molecular formula is C13H25N3OS. The van der Waals surface area contributed by atoms with Gasteiger partial charge in [0.1, 0.15) is 10.0 Å². The van der Waals surface area contributed by atoms with Gasteiger partial charge in [0.15, 0.2) is 0 Å². The normalized spacial score (nSPS) is 13.0. The number of aromatic nitrogens is 2. The van der Waals surface area contributed by atoms with Crippen LogP contribution in [0.15, 0.2) is 0 Å². The van der Waals surface area contributed by atoms with Gasteiger partial charge < -0.3 is 10.1 Å². The lowest BCUT2D eigenvalue weighted by Gasteiger charge is -2.20. The monoisotopic (exact) mass is 271 g/mol. The molecule has 0 fully saturated rings. The van der Waals surface area contributed by atoms with Crippen molar-refractivity contribution in [3.05, 3.63) is 10.0 Å². The van der Waals surface area contributed by atoms with Gasteiger partial charge in [0.2, 0.25) is 0 Å². The van der Waals surface area contributed by atoms with Crippen molar-refractivity contribution in [2.45, 2.75) is 58.6 Å². The molecule has 0 aromatic carbocycles. The third-order valence-electron chi connectivity index (χ3n) is 2.63. The van der Waals surface area contributed by atoms with Crippen LogP contribution in [0.1, 0.15) is 44.6 Å². The highest BCUT2D eigenvalue weighted by atomic mass is 32.1. The zero-order valence-electron chi connectivity index (χ0n) is 12.3. The Labute approximate surface area is 114 Å². The summed E-state index contributed by atoms with van der Waals surface area (Å²) in [6.45, 7) is 11.6. The molecule has 1 N–H and O–H groups in total. The summed E-state index contributed by atoms with van der Waals surface area (Å²) >= 11 is 1.68. The highest BCUT2D eigenvalue weighted by Gasteiger charge is 2.20. The fourth-order valence-corrected chi connectivity index (χ4v) is 2.50. The van der Waals surface area contributed by atoms with Crippen molar-refractivity contribution in [3.8, 4) is 0 Å². The Hall–Kier alpha value is -0.520. The number of methoxy groups -OCH3 is 1. The molecule has 0 amide bonds. The maximum absolute atomic E-state index is 5.40. The summed E-state index contributed by atoms with van der Waals surface area (Å²) in [6, 6.07) is 0. The Morgan fingerprint density at radius 3 is 2.28 bits per heavy atom. The van der Waals surface area contributed by atoms with Gasteiger partial charge in [-0.1, -0.05) is 0 Å². The van der Waals surface area contributed by atoms with E-state index < -0.39 is 0 Å². The van der Waals surface area contributed by atoms with E-state index in [1.807, 2.05) is 0 Å². The van der Waals surface area contributed by atoms with Crippen molar-refractivity contribution in [1.82, 2.24) is 15.5 Å². The average Bonchev–Trinajstić information content (AvgIpc) is 2.63. The van der Waals surface area contributed by atoms with Crippen LogP contribution in [0.2, 0.25) is 0 Å². The Balaban J connectivity index is 2.44. The van der Waals surface area contributed by atoms with E-state index in [0.717, 1.165) is 29.4 Å². The van der Waals surface area contributed by atoms with Crippen LogP contribution in [0.4, 0.5) is 0 Å². The van der Waals surface area contributed by atoms with Crippen molar-refractivity contribution in [2.75, 3.05) is 13.7 Å². The molecule has 0 radical (unpaired) electrons. The first-order valence-electron chi connectivity index (χ1n) is 6.33. The molecule has 0 spiro atoms. The van der Waals surface area contributed by atoms with Gasteiger partial charge in [-0.3, -0.25) is 0 Å². The lowest BCUT2D eigenvalue weighted by atomic mass is 10.1. The molecule has 1 rings (SSSR count). The zero-order valence-corrected chi connectivity index (χ0v) is 13.1. The lowest BCUT2D eigenvalue weighted by molar-refractivity contribution is 0.0230. The van der Waals surface area contributed by atoms with Gasteiger partial charge in [-0.05, 0) is 34.6 Å². The Bertz CT molecular complexity index is 369. The molecule has 0 aliphatic carbocycles. The first-order valence-corrected chi connectivity index (χ1v) is 7.15. The molecule has 5 heteroatoms. The van der Waals surface area contributed by atoms with Crippen LogP contribution < -0.4 is 5.32 Å². The van der Waals surface area contributed by atoms with Crippen LogP contribution >= 0.6 is 11.3 Å². The summed E-state index contributed by atoms with van der Waals surface area (Å²) in [6.07, 6.45) is 1.75. The molecule has 0 unspecified atom stereocenters. The summed E-state index contributed by atoms with van der Waals surface area (Å²) in [5.74, 6) is 0. The molecule has 1 heterocycles. The van der Waals surface area contributed by atoms with E-state index in [9.17, 15) is 0 Å². The second-order valence-corrected chi connectivity index (χ2v) is 7.30. The van der Waals surface area contributed by atoms with Crippen molar-refractivity contribution in [1.29, 1.82) is 0 Å². The number of hydrogen-bond acceptors (Lipinski definition) is 5. The SMILES string of the molecule is COC(C)(C)Cc1nnc(CCNC(C)(C)C)s1. The largest absolute Gasteiger partial charge is 0.378 e. The van der Waals surface area contributed by atoms with E-state index in [0.29, 0.717) is 0 Å². The Kier molecular flexibility index (Phi) is 5.25. The molecule has 18 heavy (non-hydrogen) atoms. The molecular weight excluding hydrogens is 246 g/mol. The minimum atomic E-state index is -0.166. The predicted octanol–water partition coefficient (Wildman–Crippen LogP) is 2.44. The standard InChI is InChI=1S/C13H25N3OS/c1-12(2,3)14-8-7-10-15-16-11(18-10)9-13(4,5)17-6/h14H,7-9H2,1-6H3. The van der Waals surface area contributed by atoms with Crippen LogP contribution in [0, 0.1) is 0 Å². The van der Waals surface area contributed by atoms with E-state index in [-0.39, 0.29) is 11.1 Å². The second kappa shape index (κ2) is 6.08. The number of rotatable bonds is 6. The van der Waals surface area contributed by atoms with Gasteiger partial charge >= 0.3 is 0 Å². The summed E-state index contributed by atoms with van der Waals surface area (Å²) < 4.78 is 5.40. The Morgan fingerprint density at radius 1 is 1.11 bits per heavy atom. The molecule has 1 aromatic rings. The molecule has 0 saturated heterocycles. The van der Waals surface area contributed by atoms with Gasteiger partial charge in [-0.15, -0.1) is 21.5 Å². The highest BCUT2D eigenvalue weighted by Crippen LogP contribution is 2.19. The average molecular weight is 271 g/mol. The molecule has 0 saturated carbocycles. The Morgan fingerprint density at radius 2 is 1.72 bits per heavy atom. The maximum atomic E-state index is 5.40. The maximum Gasteiger partial charge on any atom is 0.120 e. The van der Waals surface area contributed by atoms with Gasteiger partial charge in [0.05, 0.1) is 5.60 Å². The third kappa shape index (κ3) is 5.89. The lowest BCUT2D eigenvalue weighted by Crippen LogP contribution is -2.37. The number of ether oxygens (including phenoxy) is 1. The highest BCUT2D eigenvalue weighted by molar-refractivity contribution is 7.11. The van der Waals surface area contributed by atoms with Crippen molar-refractivity contribution in [3.63, 3.8) is 0 Å². The summed E-state index contributed by atoms with van der Waals surface area (Å²) in [5, 5.41) is 14.0. The van der Waals surface area contributed by atoms with Crippen molar-refractivity contribution < 1.29 is 4.74 Å². The fraction of sp³-hybridized carbons (Fsp3) is 0.846. The van der Waals surface area contributed by atoms with Crippen LogP contribution in [0.5, 0.6) is 0 Å². The molecule has 0 bridgehead atoms. The van der Waals surface area contributed by atoms with Gasteiger partial charge in [-0.25, -0.2) is 0 Å². The fourth-order valence-electron chi connectivity index (χ4n) is 1.44. The zero-order chi connectivity index (χ0) is 13.8. The molecule has 1 aromatic heterocycles. The van der Waals surface area contributed by atoms with Crippen LogP contribution in [0.3, 0.4) is 0 Å². The first kappa shape index (κ1) is 15.5. The van der Waals surface area contributed by atoms with Gasteiger partial charge in [0, 0.05) is 32.0 Å². The molecule has 4 nitrogen and oxygen atoms in total. The molecule has 0 aliphatic rings. The van der Waals surface area contributed by atoms with E-state index in [4.69, 9.17) is 4.74 Å². The summed E-state index contributed by atoms with van der Waals surface area (Å²) in [7, 11) is 1.73. The van der Waals surface area contributed by atoms with E-state index in [1.54, 1.807) is 18.4 Å². The summed E-state index contributed by atoms with van der Waals surface area (Å²) in [5.41, 5.74) is -0.00791. The van der Waals surface area contributed by atoms with Gasteiger partial charge in [0.25, 0.3) is 0 Å². The van der Waals surface area contributed by atoms with Gasteiger partial charge in [-0.2, -0.15) is 0 Å². The van der Waals surface area contributed by atoms with Crippen molar-refractivity contribution >= 4 is 11.3 Å². The minimum Gasteiger partial charge on any atom is -0.378 e. The first-order chi connectivity index (χ1) is 8.22. The minimum absolute atomic E-state index is 0.158. The molecule has 104 valence electrons. The van der Waals surface area contributed by atoms with Crippen LogP contribution in [-0.4, -0.2) is 35.0 Å². The molecule has 0 aliphatic heterocycles. The topological polar surface area (TPSA) is 47.0 Å². The van der Waals surface area contributed by atoms with Crippen LogP contribution in [-0.2, 0) is 17.6 Å². The third-order valence-corrected chi connectivity index (χ3v) is 3.62. The van der Waals surface area contributed by atoms with E-state index >= 15 is 0 Å². The molecule has 0 atom stereocenters. The number of nitrogens with zero attached hydrogens (tertiary/aromatic N) is 2. The van der Waals surface area contributed by atoms with Crippen LogP contribution in [0.25, 0.3) is 0 Å². The number of hydrogen-bond donors (Lipinski definition) is 1. The van der Waals surface area contributed by atoms with Crippen molar-refractivity contribution in [2.24, 2.45) is 0 Å². The smallest absolute Gasteiger partial charge is 0.120 e. The van der Waals surface area contributed by atoms with E-state index in [1.165, 1.54) is 0 Å². The quantitative estimate of drug-likeness (QED) is 0.863. The second-order valence-electron chi connectivity index (χ2n) is 6.16. The summed E-state index contributed by atoms with van der Waals surface area (Å²) in [4.78, 5) is 0. The predicted molar refractivity (Wildman–Crippen MR) is 76.2 cm³/mol. The van der Waals surface area contributed by atoms with E-state index in [2.05, 4.69) is 50.1 Å². The number of nitrogens with one attached hydrogen (secondary N) is 1.